The van der Waals surface area contributed by atoms with Crippen molar-refractivity contribution in [1.29, 1.82) is 0 Å². The Morgan fingerprint density at radius 3 is 2.03 bits per heavy atom. The number of amides is 3. The molecule has 0 saturated heterocycles. The van der Waals surface area contributed by atoms with Gasteiger partial charge < -0.3 is 30.5 Å². The van der Waals surface area contributed by atoms with Crippen molar-refractivity contribution in [3.05, 3.63) is 34.9 Å². The number of nitrogens with one attached hydrogen (secondary N) is 2. The fourth-order valence-corrected chi connectivity index (χ4v) is 3.31. The number of aliphatic hydroxyl groups excluding tert-OH is 2. The summed E-state index contributed by atoms with van der Waals surface area (Å²) in [6, 6.07) is 2.94. The van der Waals surface area contributed by atoms with Gasteiger partial charge in [-0.2, -0.15) is 0 Å². The molecular formula is C23H37N3O6. The van der Waals surface area contributed by atoms with Gasteiger partial charge in [-0.3, -0.25) is 9.59 Å². The van der Waals surface area contributed by atoms with Crippen LogP contribution >= 0.6 is 0 Å². The minimum absolute atomic E-state index is 0.172. The van der Waals surface area contributed by atoms with Crippen LogP contribution in [-0.4, -0.2) is 70.5 Å². The number of aliphatic hydroxyl groups is 2. The number of carbonyl (C=O) groups excluding carboxylic acids is 3. The smallest absolute Gasteiger partial charge is 0.408 e. The van der Waals surface area contributed by atoms with Crippen molar-refractivity contribution in [3.63, 3.8) is 0 Å². The summed E-state index contributed by atoms with van der Waals surface area (Å²) in [7, 11) is 0. The summed E-state index contributed by atoms with van der Waals surface area (Å²) in [6.07, 6.45) is -0.872. The molecule has 2 atom stereocenters. The molecule has 32 heavy (non-hydrogen) atoms. The van der Waals surface area contributed by atoms with Gasteiger partial charge in [0.05, 0.1) is 13.2 Å². The topological polar surface area (TPSA) is 128 Å². The van der Waals surface area contributed by atoms with Crippen LogP contribution in [0.25, 0.3) is 0 Å². The molecule has 0 heterocycles. The average molecular weight is 452 g/mol. The Balaban J connectivity index is 3.37. The molecule has 3 amide bonds. The van der Waals surface area contributed by atoms with E-state index in [2.05, 4.69) is 10.6 Å². The summed E-state index contributed by atoms with van der Waals surface area (Å²) < 4.78 is 5.18. The summed E-state index contributed by atoms with van der Waals surface area (Å²) in [5.74, 6) is -1.14. The minimum atomic E-state index is -1.35. The maximum absolute atomic E-state index is 13.3. The van der Waals surface area contributed by atoms with Gasteiger partial charge in [-0.05, 0) is 54.0 Å². The molecule has 0 bridgehead atoms. The predicted molar refractivity (Wildman–Crippen MR) is 121 cm³/mol. The van der Waals surface area contributed by atoms with Crippen LogP contribution < -0.4 is 10.6 Å². The summed E-state index contributed by atoms with van der Waals surface area (Å²) in [5, 5.41) is 24.6. The Hall–Kier alpha value is -2.65. The lowest BCUT2D eigenvalue weighted by Crippen LogP contribution is -2.55. The fraction of sp³-hybridized carbons (Fsp3) is 0.609. The number of carbonyl (C=O) groups is 3. The number of ether oxygens (including phenoxy) is 1. The lowest BCUT2D eigenvalue weighted by Gasteiger charge is -2.34. The van der Waals surface area contributed by atoms with E-state index >= 15 is 0 Å². The third-order valence-electron chi connectivity index (χ3n) is 4.35. The summed E-state index contributed by atoms with van der Waals surface area (Å²) in [4.78, 5) is 39.9. The molecule has 0 aliphatic rings. The number of alkyl carbamates (subject to hydrolysis) is 1. The number of benzene rings is 1. The zero-order chi connectivity index (χ0) is 24.6. The molecule has 0 spiro atoms. The lowest BCUT2D eigenvalue weighted by molar-refractivity contribution is -0.144. The van der Waals surface area contributed by atoms with Gasteiger partial charge in [0.2, 0.25) is 11.8 Å². The number of rotatable bonds is 9. The van der Waals surface area contributed by atoms with Crippen LogP contribution in [0.4, 0.5) is 4.79 Å². The van der Waals surface area contributed by atoms with Crippen LogP contribution in [-0.2, 0) is 14.3 Å². The van der Waals surface area contributed by atoms with Crippen molar-refractivity contribution in [1.82, 2.24) is 15.5 Å². The Morgan fingerprint density at radius 1 is 1.03 bits per heavy atom. The maximum Gasteiger partial charge on any atom is 0.408 e. The minimum Gasteiger partial charge on any atom is -0.444 e. The number of nitrogens with zero attached hydrogens (tertiary/aromatic N) is 1. The van der Waals surface area contributed by atoms with Gasteiger partial charge >= 0.3 is 6.09 Å². The lowest BCUT2D eigenvalue weighted by atomic mass is 9.98. The molecule has 0 fully saturated rings. The zero-order valence-corrected chi connectivity index (χ0v) is 20.1. The maximum atomic E-state index is 13.3. The van der Waals surface area contributed by atoms with Gasteiger partial charge in [-0.1, -0.05) is 29.3 Å². The third-order valence-corrected chi connectivity index (χ3v) is 4.35. The summed E-state index contributed by atoms with van der Waals surface area (Å²) in [6.45, 7) is 11.1. The van der Waals surface area contributed by atoms with E-state index in [1.165, 1.54) is 4.90 Å². The van der Waals surface area contributed by atoms with Crippen LogP contribution in [0.15, 0.2) is 18.2 Å². The van der Waals surface area contributed by atoms with Crippen molar-refractivity contribution in [2.45, 2.75) is 72.2 Å². The highest BCUT2D eigenvalue weighted by Gasteiger charge is 2.36. The normalized spacial score (nSPS) is 13.3. The van der Waals surface area contributed by atoms with Gasteiger partial charge in [0.1, 0.15) is 17.7 Å². The fourth-order valence-electron chi connectivity index (χ4n) is 3.31. The molecule has 1 aromatic carbocycles. The molecule has 0 aliphatic heterocycles. The molecule has 9 nitrogen and oxygen atoms in total. The third kappa shape index (κ3) is 8.47. The highest BCUT2D eigenvalue weighted by atomic mass is 16.6. The standard InChI is InChI=1S/C23H37N3O6/c1-14(2)24-20(29)19(17-11-15(3)10-16(4)12-17)26(8-9-27)21(30)18(13-28)25-22(31)32-23(5,6)7/h10-12,14,18-19,27-28H,8-9,13H2,1-7H3,(H,24,29)(H,25,31). The van der Waals surface area contributed by atoms with E-state index in [4.69, 9.17) is 4.74 Å². The van der Waals surface area contributed by atoms with Gasteiger partial charge in [-0.15, -0.1) is 0 Å². The average Bonchev–Trinajstić information content (AvgIpc) is 2.62. The van der Waals surface area contributed by atoms with E-state index in [1.807, 2.05) is 19.9 Å². The number of hydrogen-bond acceptors (Lipinski definition) is 6. The van der Waals surface area contributed by atoms with E-state index in [0.29, 0.717) is 5.56 Å². The predicted octanol–water partition coefficient (Wildman–Crippen LogP) is 1.58. The SMILES string of the molecule is Cc1cc(C)cc(C(C(=O)NC(C)C)N(CCO)C(=O)C(CO)NC(=O)OC(C)(C)C)c1. The van der Waals surface area contributed by atoms with Crippen molar-refractivity contribution in [3.8, 4) is 0 Å². The first-order chi connectivity index (χ1) is 14.8. The second kappa shape index (κ2) is 11.8. The molecule has 4 N–H and O–H groups in total. The number of aryl methyl sites for hydroxylation is 2. The van der Waals surface area contributed by atoms with E-state index in [-0.39, 0.29) is 12.6 Å². The quantitative estimate of drug-likeness (QED) is 0.451. The Morgan fingerprint density at radius 2 is 1.59 bits per heavy atom. The van der Waals surface area contributed by atoms with Crippen LogP contribution in [0.3, 0.4) is 0 Å². The molecule has 1 rings (SSSR count). The van der Waals surface area contributed by atoms with Crippen LogP contribution in [0.1, 0.15) is 57.4 Å². The first kappa shape index (κ1) is 27.4. The molecule has 9 heteroatoms. The van der Waals surface area contributed by atoms with Crippen LogP contribution in [0, 0.1) is 13.8 Å². The molecule has 0 aliphatic carbocycles. The van der Waals surface area contributed by atoms with Crippen molar-refractivity contribution in [2.24, 2.45) is 0 Å². The van der Waals surface area contributed by atoms with E-state index in [1.54, 1.807) is 46.8 Å². The molecule has 0 radical (unpaired) electrons. The zero-order valence-electron chi connectivity index (χ0n) is 20.1. The molecule has 0 aromatic heterocycles. The van der Waals surface area contributed by atoms with Crippen LogP contribution in [0.5, 0.6) is 0 Å². The molecule has 1 aromatic rings. The molecule has 0 saturated carbocycles. The van der Waals surface area contributed by atoms with Gasteiger partial charge in [0, 0.05) is 12.6 Å². The molecule has 2 unspecified atom stereocenters. The van der Waals surface area contributed by atoms with E-state index in [0.717, 1.165) is 11.1 Å². The van der Waals surface area contributed by atoms with Crippen LogP contribution in [0.2, 0.25) is 0 Å². The second-order valence-electron chi connectivity index (χ2n) is 9.12. The Bertz CT molecular complexity index is 783. The molecule has 180 valence electrons. The highest BCUT2D eigenvalue weighted by Crippen LogP contribution is 2.25. The van der Waals surface area contributed by atoms with Crippen molar-refractivity contribution in [2.75, 3.05) is 19.8 Å². The van der Waals surface area contributed by atoms with E-state index < -0.39 is 48.8 Å². The van der Waals surface area contributed by atoms with Gasteiger partial charge in [-0.25, -0.2) is 4.79 Å². The van der Waals surface area contributed by atoms with E-state index in [9.17, 15) is 24.6 Å². The summed E-state index contributed by atoms with van der Waals surface area (Å²) in [5.41, 5.74) is 1.58. The number of hydrogen-bond donors (Lipinski definition) is 4. The first-order valence-electron chi connectivity index (χ1n) is 10.7. The van der Waals surface area contributed by atoms with Gasteiger partial charge in [0.25, 0.3) is 0 Å². The Kier molecular flexibility index (Phi) is 10.1. The monoisotopic (exact) mass is 451 g/mol. The second-order valence-corrected chi connectivity index (χ2v) is 9.12. The largest absolute Gasteiger partial charge is 0.444 e. The van der Waals surface area contributed by atoms with Gasteiger partial charge in [0.15, 0.2) is 0 Å². The van der Waals surface area contributed by atoms with Crippen molar-refractivity contribution < 1.29 is 29.3 Å². The Labute approximate surface area is 190 Å². The first-order valence-corrected chi connectivity index (χ1v) is 10.7. The molecular weight excluding hydrogens is 414 g/mol. The summed E-state index contributed by atoms with van der Waals surface area (Å²) >= 11 is 0. The van der Waals surface area contributed by atoms with Crippen molar-refractivity contribution >= 4 is 17.9 Å². The highest BCUT2D eigenvalue weighted by molar-refractivity contribution is 5.92.